The zero-order chi connectivity index (χ0) is 15.5. The van der Waals surface area contributed by atoms with E-state index < -0.39 is 15.9 Å². The maximum atomic E-state index is 11.9. The zero-order valence-electron chi connectivity index (χ0n) is 12.0. The number of benzene rings is 1. The first-order valence-corrected chi connectivity index (χ1v) is 9.41. The topological polar surface area (TPSA) is 69.6 Å². The second kappa shape index (κ2) is 6.85. The summed E-state index contributed by atoms with van der Waals surface area (Å²) in [5.74, 6) is 0.160. The van der Waals surface area contributed by atoms with Crippen molar-refractivity contribution in [1.82, 2.24) is 0 Å². The molecule has 0 aromatic heterocycles. The van der Waals surface area contributed by atoms with Crippen LogP contribution in [0.15, 0.2) is 23.1 Å². The average Bonchev–Trinajstić information content (AvgIpc) is 2.97. The standard InChI is InChI=1S/C14H21ClN2O3S/c1-21(19,20)14-5-4-11(16-10-12(18)9-15)8-13(14)17-6-2-3-7-17/h4-5,8,12,16,18H,2-3,6-7,9-10H2,1H3. The maximum Gasteiger partial charge on any atom is 0.177 e. The van der Waals surface area contributed by atoms with Gasteiger partial charge in [-0.1, -0.05) is 0 Å². The highest BCUT2D eigenvalue weighted by Crippen LogP contribution is 2.31. The van der Waals surface area contributed by atoms with Crippen molar-refractivity contribution in [3.8, 4) is 0 Å². The van der Waals surface area contributed by atoms with Gasteiger partial charge in [-0.15, -0.1) is 11.6 Å². The molecule has 1 fully saturated rings. The van der Waals surface area contributed by atoms with Gasteiger partial charge in [0.25, 0.3) is 0 Å². The van der Waals surface area contributed by atoms with E-state index in [4.69, 9.17) is 11.6 Å². The molecule has 21 heavy (non-hydrogen) atoms. The molecule has 1 heterocycles. The molecular weight excluding hydrogens is 312 g/mol. The minimum Gasteiger partial charge on any atom is -0.390 e. The minimum atomic E-state index is -3.26. The second-order valence-corrected chi connectivity index (χ2v) is 7.63. The van der Waals surface area contributed by atoms with Gasteiger partial charge in [-0.25, -0.2) is 8.42 Å². The first kappa shape index (κ1) is 16.4. The molecule has 1 aliphatic heterocycles. The van der Waals surface area contributed by atoms with Crippen molar-refractivity contribution in [3.05, 3.63) is 18.2 Å². The lowest BCUT2D eigenvalue weighted by atomic mass is 10.2. The highest BCUT2D eigenvalue weighted by atomic mass is 35.5. The molecule has 2 rings (SSSR count). The van der Waals surface area contributed by atoms with Crippen molar-refractivity contribution in [3.63, 3.8) is 0 Å². The van der Waals surface area contributed by atoms with Gasteiger partial charge in [0, 0.05) is 31.6 Å². The fourth-order valence-corrected chi connectivity index (χ4v) is 3.43. The molecule has 0 aliphatic carbocycles. The lowest BCUT2D eigenvalue weighted by molar-refractivity contribution is 0.211. The molecule has 0 saturated carbocycles. The van der Waals surface area contributed by atoms with E-state index in [1.165, 1.54) is 6.26 Å². The van der Waals surface area contributed by atoms with Crippen LogP contribution in [-0.4, -0.2) is 51.4 Å². The first-order chi connectivity index (χ1) is 9.91. The third-order valence-corrected chi connectivity index (χ3v) is 5.03. The van der Waals surface area contributed by atoms with Crippen LogP contribution in [0, 0.1) is 0 Å². The first-order valence-electron chi connectivity index (χ1n) is 6.99. The molecule has 5 nitrogen and oxygen atoms in total. The molecule has 2 N–H and O–H groups in total. The van der Waals surface area contributed by atoms with Gasteiger partial charge in [-0.3, -0.25) is 0 Å². The molecule has 1 unspecified atom stereocenters. The lowest BCUT2D eigenvalue weighted by Gasteiger charge is -2.22. The van der Waals surface area contributed by atoms with Crippen molar-refractivity contribution in [2.24, 2.45) is 0 Å². The number of aliphatic hydroxyl groups excluding tert-OH is 1. The Bertz CT molecular complexity index is 586. The van der Waals surface area contributed by atoms with Crippen molar-refractivity contribution in [2.45, 2.75) is 23.8 Å². The largest absolute Gasteiger partial charge is 0.390 e. The van der Waals surface area contributed by atoms with Gasteiger partial charge < -0.3 is 15.3 Å². The number of rotatable bonds is 6. The fraction of sp³-hybridized carbons (Fsp3) is 0.571. The number of nitrogens with zero attached hydrogens (tertiary/aromatic N) is 1. The third kappa shape index (κ3) is 4.25. The molecule has 0 amide bonds. The normalized spacial score (nSPS) is 17.0. The molecule has 1 aliphatic rings. The number of aliphatic hydroxyl groups is 1. The predicted octanol–water partition coefficient (Wildman–Crippen LogP) is 1.70. The molecule has 0 bridgehead atoms. The monoisotopic (exact) mass is 332 g/mol. The average molecular weight is 333 g/mol. The lowest BCUT2D eigenvalue weighted by Crippen LogP contribution is -2.22. The van der Waals surface area contributed by atoms with Crippen LogP contribution in [0.3, 0.4) is 0 Å². The van der Waals surface area contributed by atoms with Gasteiger partial charge in [-0.2, -0.15) is 0 Å². The van der Waals surface area contributed by atoms with Gasteiger partial charge in [0.1, 0.15) is 0 Å². The number of nitrogens with one attached hydrogen (secondary N) is 1. The van der Waals surface area contributed by atoms with Crippen LogP contribution in [0.25, 0.3) is 0 Å². The SMILES string of the molecule is CS(=O)(=O)c1ccc(NCC(O)CCl)cc1N1CCCC1. The van der Waals surface area contributed by atoms with E-state index in [0.717, 1.165) is 37.3 Å². The van der Waals surface area contributed by atoms with Crippen LogP contribution in [0.5, 0.6) is 0 Å². The van der Waals surface area contributed by atoms with Crippen LogP contribution < -0.4 is 10.2 Å². The van der Waals surface area contributed by atoms with Gasteiger partial charge >= 0.3 is 0 Å². The van der Waals surface area contributed by atoms with E-state index in [-0.39, 0.29) is 5.88 Å². The third-order valence-electron chi connectivity index (χ3n) is 3.53. The molecule has 0 radical (unpaired) electrons. The number of halogens is 1. The summed E-state index contributed by atoms with van der Waals surface area (Å²) >= 11 is 5.56. The van der Waals surface area contributed by atoms with Crippen LogP contribution >= 0.6 is 11.6 Å². The highest BCUT2D eigenvalue weighted by Gasteiger charge is 2.21. The van der Waals surface area contributed by atoms with Crippen LogP contribution in [0.2, 0.25) is 0 Å². The van der Waals surface area contributed by atoms with E-state index in [1.807, 2.05) is 6.07 Å². The Kier molecular flexibility index (Phi) is 5.35. The summed E-state index contributed by atoms with van der Waals surface area (Å²) in [6.07, 6.45) is 2.75. The van der Waals surface area contributed by atoms with Gasteiger partial charge in [0.15, 0.2) is 9.84 Å². The van der Waals surface area contributed by atoms with Crippen LogP contribution in [0.4, 0.5) is 11.4 Å². The summed E-state index contributed by atoms with van der Waals surface area (Å²) in [5, 5.41) is 12.6. The number of alkyl halides is 1. The number of sulfone groups is 1. The zero-order valence-corrected chi connectivity index (χ0v) is 13.6. The molecule has 0 spiro atoms. The van der Waals surface area contributed by atoms with Crippen LogP contribution in [-0.2, 0) is 9.84 Å². The smallest absolute Gasteiger partial charge is 0.177 e. The Hall–Kier alpha value is -0.980. The molecule has 1 aromatic carbocycles. The fourth-order valence-electron chi connectivity index (χ4n) is 2.44. The Balaban J connectivity index is 2.28. The summed E-state index contributed by atoms with van der Waals surface area (Å²) in [7, 11) is -3.26. The quantitative estimate of drug-likeness (QED) is 0.776. The predicted molar refractivity (Wildman–Crippen MR) is 86.2 cm³/mol. The molecule has 1 atom stereocenters. The molecule has 1 aromatic rings. The number of hydrogen-bond donors (Lipinski definition) is 2. The van der Waals surface area contributed by atoms with Gasteiger partial charge in [0.2, 0.25) is 0 Å². The number of hydrogen-bond acceptors (Lipinski definition) is 5. The van der Waals surface area contributed by atoms with Gasteiger partial charge in [0.05, 0.1) is 22.6 Å². The van der Waals surface area contributed by atoms with E-state index >= 15 is 0 Å². The molecule has 1 saturated heterocycles. The summed E-state index contributed by atoms with van der Waals surface area (Å²) < 4.78 is 23.9. The maximum absolute atomic E-state index is 11.9. The van der Waals surface area contributed by atoms with Gasteiger partial charge in [-0.05, 0) is 31.0 Å². The Labute approximate surface area is 130 Å². The van der Waals surface area contributed by atoms with E-state index in [9.17, 15) is 13.5 Å². The summed E-state index contributed by atoms with van der Waals surface area (Å²) in [6.45, 7) is 2.08. The molecule has 118 valence electrons. The van der Waals surface area contributed by atoms with E-state index in [1.54, 1.807) is 12.1 Å². The van der Waals surface area contributed by atoms with E-state index in [2.05, 4.69) is 10.2 Å². The molecular formula is C14H21ClN2O3S. The summed E-state index contributed by atoms with van der Waals surface area (Å²) in [4.78, 5) is 2.45. The van der Waals surface area contributed by atoms with Crippen molar-refractivity contribution in [2.75, 3.05) is 42.0 Å². The van der Waals surface area contributed by atoms with Crippen molar-refractivity contribution >= 4 is 32.8 Å². The summed E-state index contributed by atoms with van der Waals surface area (Å²) in [5.41, 5.74) is 1.52. The second-order valence-electron chi connectivity index (χ2n) is 5.34. The Morgan fingerprint density at radius 3 is 2.62 bits per heavy atom. The van der Waals surface area contributed by atoms with Crippen molar-refractivity contribution in [1.29, 1.82) is 0 Å². The summed E-state index contributed by atoms with van der Waals surface area (Å²) in [6, 6.07) is 5.18. The van der Waals surface area contributed by atoms with E-state index in [0.29, 0.717) is 11.4 Å². The number of anilines is 2. The Morgan fingerprint density at radius 2 is 2.05 bits per heavy atom. The molecule has 7 heteroatoms. The highest BCUT2D eigenvalue weighted by molar-refractivity contribution is 7.90. The van der Waals surface area contributed by atoms with Crippen LogP contribution in [0.1, 0.15) is 12.8 Å². The minimum absolute atomic E-state index is 0.160. The Morgan fingerprint density at radius 1 is 1.38 bits per heavy atom. The van der Waals surface area contributed by atoms with Crippen molar-refractivity contribution < 1.29 is 13.5 Å².